The Morgan fingerprint density at radius 3 is 2.26 bits per heavy atom. The van der Waals surface area contributed by atoms with Crippen LogP contribution in [-0.2, 0) is 10.0 Å². The maximum Gasteiger partial charge on any atom is 0.211 e. The summed E-state index contributed by atoms with van der Waals surface area (Å²) < 4.78 is 31.4. The Bertz CT molecular complexity index is 1130. The van der Waals surface area contributed by atoms with Crippen LogP contribution in [0.25, 0.3) is 0 Å². The number of benzene rings is 2. The third-order valence-electron chi connectivity index (χ3n) is 6.97. The number of ether oxygens (including phenoxy) is 1. The number of nitrogen functional groups attached to an aromatic ring is 1. The number of nitrogens with two attached hydrogens (primary N) is 1. The van der Waals surface area contributed by atoms with Crippen molar-refractivity contribution in [2.45, 2.75) is 25.3 Å². The first-order valence-electron chi connectivity index (χ1n) is 11.6. The maximum atomic E-state index is 11.9. The smallest absolute Gasteiger partial charge is 0.211 e. The highest BCUT2D eigenvalue weighted by Crippen LogP contribution is 2.39. The SMILES string of the molecule is C[C@@H](Oc1ccc(N)cc1)[C@@H]1CN(C(O)N2CCN(S(C)(=O)=O)CC2)C[C@H]1c1ccc(Cl)c(Cl)c1. The van der Waals surface area contributed by atoms with Crippen molar-refractivity contribution >= 4 is 38.9 Å². The number of rotatable bonds is 7. The molecule has 0 amide bonds. The molecule has 2 heterocycles. The van der Waals surface area contributed by atoms with Crippen LogP contribution in [0.1, 0.15) is 18.4 Å². The van der Waals surface area contributed by atoms with Crippen LogP contribution in [0.3, 0.4) is 0 Å². The van der Waals surface area contributed by atoms with E-state index in [1.165, 1.54) is 10.6 Å². The molecule has 0 spiro atoms. The first kappa shape index (κ1) is 26.5. The number of nitrogens with zero attached hydrogens (tertiary/aromatic N) is 3. The number of hydrogen-bond acceptors (Lipinski definition) is 7. The van der Waals surface area contributed by atoms with E-state index in [9.17, 15) is 13.5 Å². The molecular formula is C24H32Cl2N4O4S. The zero-order chi connectivity index (χ0) is 25.3. The fraction of sp³-hybridized carbons (Fsp3) is 0.500. The van der Waals surface area contributed by atoms with E-state index >= 15 is 0 Å². The summed E-state index contributed by atoms with van der Waals surface area (Å²) in [5.74, 6) is 0.854. The van der Waals surface area contributed by atoms with Gasteiger partial charge in [-0.2, -0.15) is 4.31 Å². The minimum Gasteiger partial charge on any atom is -0.490 e. The normalized spacial score (nSPS) is 24.4. The second kappa shape index (κ2) is 10.8. The average Bonchev–Trinajstić information content (AvgIpc) is 3.27. The van der Waals surface area contributed by atoms with Gasteiger partial charge in [0, 0.05) is 56.8 Å². The van der Waals surface area contributed by atoms with Crippen LogP contribution in [0.4, 0.5) is 5.69 Å². The van der Waals surface area contributed by atoms with Gasteiger partial charge in [-0.15, -0.1) is 0 Å². The molecule has 2 aromatic carbocycles. The molecule has 35 heavy (non-hydrogen) atoms. The Kier molecular flexibility index (Phi) is 8.17. The average molecular weight is 544 g/mol. The quantitative estimate of drug-likeness (QED) is 0.519. The van der Waals surface area contributed by atoms with Crippen molar-refractivity contribution in [2.75, 3.05) is 51.3 Å². The highest BCUT2D eigenvalue weighted by Gasteiger charge is 2.42. The van der Waals surface area contributed by atoms with Gasteiger partial charge < -0.3 is 15.6 Å². The number of piperazine rings is 1. The second-order valence-corrected chi connectivity index (χ2v) is 12.1. The molecule has 0 aliphatic carbocycles. The molecule has 0 aromatic heterocycles. The summed E-state index contributed by atoms with van der Waals surface area (Å²) in [6.07, 6.45) is 0.238. The third-order valence-corrected chi connectivity index (χ3v) is 9.01. The second-order valence-electron chi connectivity index (χ2n) is 9.33. The molecule has 192 valence electrons. The highest BCUT2D eigenvalue weighted by atomic mass is 35.5. The van der Waals surface area contributed by atoms with E-state index in [0.29, 0.717) is 55.0 Å². The zero-order valence-corrected chi connectivity index (χ0v) is 22.2. The standard InChI is InChI=1S/C24H32Cl2N4O4S/c1-16(34-19-6-4-18(27)5-7-19)20-14-29(15-21(20)17-3-8-22(25)23(26)13-17)24(31)28-9-11-30(12-10-28)35(2,32)33/h3-8,13,16,20-21,24,31H,9-12,14-15,27H2,1-2H3/t16-,20+,21+,24?/m1/s1. The van der Waals surface area contributed by atoms with E-state index in [1.54, 1.807) is 18.2 Å². The monoisotopic (exact) mass is 542 g/mol. The van der Waals surface area contributed by atoms with E-state index in [-0.39, 0.29) is 17.9 Å². The van der Waals surface area contributed by atoms with Gasteiger partial charge in [0.05, 0.1) is 16.3 Å². The van der Waals surface area contributed by atoms with E-state index in [1.807, 2.05) is 41.0 Å². The number of anilines is 1. The van der Waals surface area contributed by atoms with Gasteiger partial charge in [0.2, 0.25) is 10.0 Å². The maximum absolute atomic E-state index is 11.9. The van der Waals surface area contributed by atoms with Gasteiger partial charge in [-0.1, -0.05) is 29.3 Å². The number of aliphatic hydroxyl groups is 1. The van der Waals surface area contributed by atoms with Gasteiger partial charge in [-0.3, -0.25) is 9.80 Å². The van der Waals surface area contributed by atoms with E-state index in [2.05, 4.69) is 0 Å². The van der Waals surface area contributed by atoms with Gasteiger partial charge in [0.1, 0.15) is 11.9 Å². The van der Waals surface area contributed by atoms with Crippen LogP contribution < -0.4 is 10.5 Å². The van der Waals surface area contributed by atoms with E-state index in [0.717, 1.165) is 11.3 Å². The molecule has 4 atom stereocenters. The number of hydrogen-bond donors (Lipinski definition) is 2. The molecule has 2 fully saturated rings. The molecule has 2 aromatic rings. The van der Waals surface area contributed by atoms with Gasteiger partial charge >= 0.3 is 0 Å². The molecular weight excluding hydrogens is 511 g/mol. The van der Waals surface area contributed by atoms with Crippen molar-refractivity contribution in [1.82, 2.24) is 14.1 Å². The lowest BCUT2D eigenvalue weighted by molar-refractivity contribution is -0.114. The van der Waals surface area contributed by atoms with Crippen LogP contribution in [-0.4, -0.2) is 85.6 Å². The summed E-state index contributed by atoms with van der Waals surface area (Å²) in [5.41, 5.74) is 7.51. The Balaban J connectivity index is 1.51. The van der Waals surface area contributed by atoms with E-state index in [4.69, 9.17) is 33.7 Å². The summed E-state index contributed by atoms with van der Waals surface area (Å²) in [5, 5.41) is 12.2. The Morgan fingerprint density at radius 2 is 1.66 bits per heavy atom. The number of aliphatic hydroxyl groups excluding tert-OH is 1. The van der Waals surface area contributed by atoms with Crippen molar-refractivity contribution in [3.8, 4) is 5.75 Å². The number of likely N-dealkylation sites (tertiary alicyclic amines) is 1. The number of sulfonamides is 1. The molecule has 2 aliphatic heterocycles. The molecule has 1 unspecified atom stereocenters. The molecule has 2 saturated heterocycles. The van der Waals surface area contributed by atoms with Gasteiger partial charge in [0.25, 0.3) is 0 Å². The lowest BCUT2D eigenvalue weighted by Gasteiger charge is -2.39. The molecule has 4 rings (SSSR count). The number of halogens is 2. The van der Waals surface area contributed by atoms with Crippen LogP contribution >= 0.6 is 23.2 Å². The van der Waals surface area contributed by atoms with Crippen molar-refractivity contribution in [3.05, 3.63) is 58.1 Å². The third kappa shape index (κ3) is 6.22. The fourth-order valence-corrected chi connectivity index (χ4v) is 6.10. The topological polar surface area (TPSA) is 99.3 Å². The minimum atomic E-state index is -3.24. The molecule has 11 heteroatoms. The fourth-order valence-electron chi connectivity index (χ4n) is 4.97. The van der Waals surface area contributed by atoms with Crippen LogP contribution in [0.15, 0.2) is 42.5 Å². The Morgan fingerprint density at radius 1 is 1.00 bits per heavy atom. The lowest BCUT2D eigenvalue weighted by Crippen LogP contribution is -2.56. The lowest BCUT2D eigenvalue weighted by atomic mass is 9.85. The van der Waals surface area contributed by atoms with E-state index < -0.39 is 16.4 Å². The molecule has 3 N–H and O–H groups in total. The van der Waals surface area contributed by atoms with Gasteiger partial charge in [0.15, 0.2) is 6.35 Å². The molecule has 8 nitrogen and oxygen atoms in total. The largest absolute Gasteiger partial charge is 0.490 e. The predicted octanol–water partition coefficient (Wildman–Crippen LogP) is 2.91. The van der Waals surface area contributed by atoms with Crippen LogP contribution in [0.5, 0.6) is 5.75 Å². The zero-order valence-electron chi connectivity index (χ0n) is 19.8. The van der Waals surface area contributed by atoms with Gasteiger partial charge in [-0.25, -0.2) is 8.42 Å². The first-order valence-corrected chi connectivity index (χ1v) is 14.2. The minimum absolute atomic E-state index is 0.0560. The van der Waals surface area contributed by atoms with Crippen molar-refractivity contribution in [2.24, 2.45) is 5.92 Å². The Labute approximate surface area is 217 Å². The molecule has 0 saturated carbocycles. The summed E-state index contributed by atoms with van der Waals surface area (Å²) in [7, 11) is -3.24. The Hall–Kier alpha value is -1.59. The summed E-state index contributed by atoms with van der Waals surface area (Å²) >= 11 is 12.5. The highest BCUT2D eigenvalue weighted by molar-refractivity contribution is 7.88. The molecule has 0 radical (unpaired) electrons. The van der Waals surface area contributed by atoms with Crippen LogP contribution in [0, 0.1) is 5.92 Å². The summed E-state index contributed by atoms with van der Waals surface area (Å²) in [4.78, 5) is 3.94. The van der Waals surface area contributed by atoms with Crippen molar-refractivity contribution in [1.29, 1.82) is 0 Å². The van der Waals surface area contributed by atoms with Gasteiger partial charge in [-0.05, 0) is 48.9 Å². The predicted molar refractivity (Wildman–Crippen MR) is 139 cm³/mol. The molecule has 0 bridgehead atoms. The van der Waals surface area contributed by atoms with Crippen LogP contribution in [0.2, 0.25) is 10.0 Å². The summed E-state index contributed by atoms with van der Waals surface area (Å²) in [6.45, 7) is 4.89. The van der Waals surface area contributed by atoms with Crippen molar-refractivity contribution < 1.29 is 18.3 Å². The van der Waals surface area contributed by atoms with Crippen molar-refractivity contribution in [3.63, 3.8) is 0 Å². The summed E-state index contributed by atoms with van der Waals surface area (Å²) in [6, 6.07) is 13.0. The first-order chi connectivity index (χ1) is 16.5. The molecule has 2 aliphatic rings.